The molecule has 0 radical (unpaired) electrons. The molecule has 0 bridgehead atoms. The number of amides is 2. The summed E-state index contributed by atoms with van der Waals surface area (Å²) < 4.78 is 45.4. The monoisotopic (exact) mass is 497 g/mol. The summed E-state index contributed by atoms with van der Waals surface area (Å²) >= 11 is 0. The highest BCUT2D eigenvalue weighted by atomic mass is 19.4. The second-order valence-electron chi connectivity index (χ2n) is 8.96. The Balaban J connectivity index is 1.46. The number of anilines is 2. The van der Waals surface area contributed by atoms with Crippen molar-refractivity contribution in [1.82, 2.24) is 14.6 Å². The lowest BCUT2D eigenvalue weighted by Gasteiger charge is -2.18. The minimum Gasteiger partial charge on any atom is -0.438 e. The van der Waals surface area contributed by atoms with Crippen molar-refractivity contribution in [3.8, 4) is 11.6 Å². The zero-order valence-corrected chi connectivity index (χ0v) is 19.6. The fraction of sp³-hybridized carbons (Fsp3) is 0.200. The first-order valence-electron chi connectivity index (χ1n) is 10.8. The molecule has 2 N–H and O–H groups in total. The number of imidazole rings is 1. The van der Waals surface area contributed by atoms with Crippen LogP contribution in [0.1, 0.15) is 36.7 Å². The summed E-state index contributed by atoms with van der Waals surface area (Å²) in [7, 11) is 0. The zero-order valence-electron chi connectivity index (χ0n) is 19.6. The smallest absolute Gasteiger partial charge is 0.416 e. The lowest BCUT2D eigenvalue weighted by Crippen LogP contribution is -2.27. The van der Waals surface area contributed by atoms with Gasteiger partial charge in [-0.2, -0.15) is 13.2 Å². The van der Waals surface area contributed by atoms with Gasteiger partial charge in [0, 0.05) is 28.8 Å². The number of hydrogen-bond acceptors (Lipinski definition) is 5. The first-order valence-corrected chi connectivity index (χ1v) is 10.8. The molecule has 0 saturated heterocycles. The van der Waals surface area contributed by atoms with Crippen molar-refractivity contribution >= 4 is 29.0 Å². The SMILES string of the molecule is CC(C)(C)C(=O)Nc1cccc(Oc2ccc3nc(NC(=O)c4ccc(C(F)(F)F)cc4)cn3n2)c1. The van der Waals surface area contributed by atoms with Crippen LogP contribution in [-0.4, -0.2) is 26.4 Å². The molecule has 4 aromatic rings. The van der Waals surface area contributed by atoms with Crippen LogP contribution in [0.4, 0.5) is 24.7 Å². The van der Waals surface area contributed by atoms with Gasteiger partial charge in [0.05, 0.1) is 11.8 Å². The van der Waals surface area contributed by atoms with Crippen molar-refractivity contribution in [2.45, 2.75) is 26.9 Å². The van der Waals surface area contributed by atoms with Crippen LogP contribution in [0, 0.1) is 5.41 Å². The molecule has 0 saturated carbocycles. The van der Waals surface area contributed by atoms with Gasteiger partial charge in [0.25, 0.3) is 5.91 Å². The maximum Gasteiger partial charge on any atom is 0.416 e. The number of rotatable bonds is 5. The molecule has 0 aliphatic rings. The predicted molar refractivity (Wildman–Crippen MR) is 127 cm³/mol. The number of nitrogens with one attached hydrogen (secondary N) is 2. The molecule has 8 nitrogen and oxygen atoms in total. The van der Waals surface area contributed by atoms with E-state index >= 15 is 0 Å². The molecule has 186 valence electrons. The van der Waals surface area contributed by atoms with E-state index in [1.165, 1.54) is 10.7 Å². The van der Waals surface area contributed by atoms with Crippen LogP contribution in [0.25, 0.3) is 5.65 Å². The molecule has 0 unspecified atom stereocenters. The van der Waals surface area contributed by atoms with Crippen LogP contribution < -0.4 is 15.4 Å². The van der Waals surface area contributed by atoms with Crippen molar-refractivity contribution in [2.24, 2.45) is 5.41 Å². The Morgan fingerprint density at radius 2 is 1.67 bits per heavy atom. The lowest BCUT2D eigenvalue weighted by atomic mass is 9.95. The summed E-state index contributed by atoms with van der Waals surface area (Å²) in [5.74, 6) is 0.0990. The van der Waals surface area contributed by atoms with E-state index in [-0.39, 0.29) is 23.2 Å². The summed E-state index contributed by atoms with van der Waals surface area (Å²) in [4.78, 5) is 28.9. The number of aromatic nitrogens is 3. The summed E-state index contributed by atoms with van der Waals surface area (Å²) in [5.41, 5.74) is -0.355. The molecule has 0 atom stereocenters. The van der Waals surface area contributed by atoms with Crippen molar-refractivity contribution in [1.29, 1.82) is 0 Å². The topological polar surface area (TPSA) is 97.6 Å². The third-order valence-corrected chi connectivity index (χ3v) is 5.01. The Kier molecular flexibility index (Phi) is 6.40. The fourth-order valence-corrected chi connectivity index (χ4v) is 3.05. The quantitative estimate of drug-likeness (QED) is 0.364. The zero-order chi connectivity index (χ0) is 26.1. The number of nitrogens with zero attached hydrogens (tertiary/aromatic N) is 3. The van der Waals surface area contributed by atoms with E-state index in [9.17, 15) is 22.8 Å². The molecule has 4 rings (SSSR count). The first-order chi connectivity index (χ1) is 16.9. The molecule has 0 aliphatic heterocycles. The Morgan fingerprint density at radius 3 is 2.33 bits per heavy atom. The minimum absolute atomic E-state index is 0.0514. The number of hydrogen-bond donors (Lipinski definition) is 2. The molecule has 0 spiro atoms. The number of ether oxygens (including phenoxy) is 1. The van der Waals surface area contributed by atoms with E-state index in [0.29, 0.717) is 17.1 Å². The van der Waals surface area contributed by atoms with Crippen molar-refractivity contribution < 1.29 is 27.5 Å². The van der Waals surface area contributed by atoms with Gasteiger partial charge in [-0.25, -0.2) is 9.50 Å². The number of carbonyl (C=O) groups is 2. The summed E-state index contributed by atoms with van der Waals surface area (Å²) in [6.07, 6.45) is -3.03. The number of benzene rings is 2. The third-order valence-electron chi connectivity index (χ3n) is 5.01. The van der Waals surface area contributed by atoms with Crippen molar-refractivity contribution in [3.05, 3.63) is 78.0 Å². The van der Waals surface area contributed by atoms with Gasteiger partial charge >= 0.3 is 6.18 Å². The number of carbonyl (C=O) groups excluding carboxylic acids is 2. The van der Waals surface area contributed by atoms with Gasteiger partial charge in [0.2, 0.25) is 11.8 Å². The van der Waals surface area contributed by atoms with E-state index in [1.807, 2.05) is 20.8 Å². The molecule has 2 amide bonds. The standard InChI is InChI=1S/C25H22F3N5O3/c1-24(2,3)23(35)29-17-5-4-6-18(13-17)36-21-12-11-20-30-19(14-33(20)32-21)31-22(34)15-7-9-16(10-8-15)25(26,27)28/h4-14H,1-3H3,(H,29,35)(H,31,34). The van der Waals surface area contributed by atoms with E-state index in [1.54, 1.807) is 36.4 Å². The molecule has 2 aromatic carbocycles. The fourth-order valence-electron chi connectivity index (χ4n) is 3.05. The molecule has 0 fully saturated rings. The number of halogens is 3. The molecular weight excluding hydrogens is 475 g/mol. The second-order valence-corrected chi connectivity index (χ2v) is 8.96. The average molecular weight is 497 g/mol. The Morgan fingerprint density at radius 1 is 0.944 bits per heavy atom. The van der Waals surface area contributed by atoms with Gasteiger partial charge in [0.15, 0.2) is 11.5 Å². The maximum absolute atomic E-state index is 12.7. The van der Waals surface area contributed by atoms with Crippen LogP contribution in [-0.2, 0) is 11.0 Å². The Hall–Kier alpha value is -4.41. The normalized spacial score (nSPS) is 11.8. The van der Waals surface area contributed by atoms with Gasteiger partial charge in [-0.05, 0) is 42.5 Å². The molecule has 0 aliphatic carbocycles. The summed E-state index contributed by atoms with van der Waals surface area (Å²) in [6.45, 7) is 5.44. The van der Waals surface area contributed by atoms with Gasteiger partial charge in [-0.3, -0.25) is 9.59 Å². The highest BCUT2D eigenvalue weighted by Gasteiger charge is 2.30. The predicted octanol–water partition coefficient (Wildman–Crippen LogP) is 5.78. The molecule has 36 heavy (non-hydrogen) atoms. The number of alkyl halides is 3. The van der Waals surface area contributed by atoms with E-state index in [4.69, 9.17) is 4.74 Å². The maximum atomic E-state index is 12.7. The van der Waals surface area contributed by atoms with Gasteiger partial charge in [-0.15, -0.1) is 5.10 Å². The lowest BCUT2D eigenvalue weighted by molar-refractivity contribution is -0.137. The highest BCUT2D eigenvalue weighted by molar-refractivity contribution is 6.03. The third kappa shape index (κ3) is 5.80. The van der Waals surface area contributed by atoms with Crippen LogP contribution in [0.2, 0.25) is 0 Å². The van der Waals surface area contributed by atoms with Crippen molar-refractivity contribution in [2.75, 3.05) is 10.6 Å². The van der Waals surface area contributed by atoms with Gasteiger partial charge in [0.1, 0.15) is 5.75 Å². The minimum atomic E-state index is -4.48. The summed E-state index contributed by atoms with van der Waals surface area (Å²) in [6, 6.07) is 13.9. The van der Waals surface area contributed by atoms with Crippen LogP contribution in [0.3, 0.4) is 0 Å². The van der Waals surface area contributed by atoms with Crippen LogP contribution >= 0.6 is 0 Å². The Bertz CT molecular complexity index is 1420. The van der Waals surface area contributed by atoms with Crippen LogP contribution in [0.15, 0.2) is 66.9 Å². The molecular formula is C25H22F3N5O3. The molecule has 11 heteroatoms. The van der Waals surface area contributed by atoms with E-state index < -0.39 is 23.1 Å². The Labute approximate surface area is 204 Å². The van der Waals surface area contributed by atoms with E-state index in [2.05, 4.69) is 20.7 Å². The highest BCUT2D eigenvalue weighted by Crippen LogP contribution is 2.29. The molecule has 2 heterocycles. The number of fused-ring (bicyclic) bond motifs is 1. The second kappa shape index (κ2) is 9.33. The van der Waals surface area contributed by atoms with Gasteiger partial charge < -0.3 is 15.4 Å². The first kappa shape index (κ1) is 24.7. The average Bonchev–Trinajstić information content (AvgIpc) is 3.19. The van der Waals surface area contributed by atoms with Crippen LogP contribution in [0.5, 0.6) is 11.6 Å². The van der Waals surface area contributed by atoms with E-state index in [0.717, 1.165) is 24.3 Å². The van der Waals surface area contributed by atoms with Gasteiger partial charge in [-0.1, -0.05) is 26.8 Å². The van der Waals surface area contributed by atoms with Crippen molar-refractivity contribution in [3.63, 3.8) is 0 Å². The molecule has 2 aromatic heterocycles. The summed E-state index contributed by atoms with van der Waals surface area (Å²) in [5, 5.41) is 9.68. The largest absolute Gasteiger partial charge is 0.438 e.